The van der Waals surface area contributed by atoms with Gasteiger partial charge in [-0.1, -0.05) is 18.2 Å². The lowest BCUT2D eigenvalue weighted by Crippen LogP contribution is -2.31. The zero-order chi connectivity index (χ0) is 22.3. The number of nitrogens with zero attached hydrogens (tertiary/aromatic N) is 2. The molecule has 3 aromatic rings. The second-order valence-corrected chi connectivity index (χ2v) is 9.00. The zero-order valence-electron chi connectivity index (χ0n) is 17.3. The smallest absolute Gasteiger partial charge is 0.296 e. The van der Waals surface area contributed by atoms with Crippen LogP contribution in [0.1, 0.15) is 31.8 Å². The van der Waals surface area contributed by atoms with Crippen LogP contribution in [-0.4, -0.2) is 36.0 Å². The molecule has 1 N–H and O–H groups in total. The number of methoxy groups -OCH3 is 2. The van der Waals surface area contributed by atoms with E-state index in [1.54, 1.807) is 35.7 Å². The number of aryl methyl sites for hydroxylation is 2. The van der Waals surface area contributed by atoms with E-state index in [0.29, 0.717) is 27.1 Å². The molecule has 0 fully saturated rings. The van der Waals surface area contributed by atoms with Gasteiger partial charge in [0.1, 0.15) is 6.04 Å². The summed E-state index contributed by atoms with van der Waals surface area (Å²) in [6, 6.07) is 7.72. The first-order valence-electron chi connectivity index (χ1n) is 9.38. The standard InChI is InChI=1S/C22H20N2O5S2/c1-11-12(2)31-22(23-11)24-17(13-7-5-8-14(28-3)20(13)29-4)16(19(26)21(24)27)18(25)15-9-6-10-30-15/h5-10,17,26H,1-4H3/t17-/m1/s1. The van der Waals surface area contributed by atoms with Gasteiger partial charge in [-0.3, -0.25) is 14.5 Å². The number of hydrogen-bond donors (Lipinski definition) is 1. The van der Waals surface area contributed by atoms with E-state index in [4.69, 9.17) is 9.47 Å². The summed E-state index contributed by atoms with van der Waals surface area (Å²) in [6.07, 6.45) is 0. The Balaban J connectivity index is 1.96. The summed E-state index contributed by atoms with van der Waals surface area (Å²) in [5, 5.41) is 13.0. The maximum absolute atomic E-state index is 13.4. The van der Waals surface area contributed by atoms with Gasteiger partial charge < -0.3 is 14.6 Å². The number of aromatic nitrogens is 1. The van der Waals surface area contributed by atoms with Crippen LogP contribution in [0.2, 0.25) is 0 Å². The molecule has 0 aliphatic carbocycles. The van der Waals surface area contributed by atoms with Gasteiger partial charge in [0.2, 0.25) is 5.78 Å². The molecule has 1 aliphatic heterocycles. The fourth-order valence-electron chi connectivity index (χ4n) is 3.56. The molecule has 0 radical (unpaired) electrons. The maximum atomic E-state index is 13.4. The number of carbonyl (C=O) groups is 2. The highest BCUT2D eigenvalue weighted by atomic mass is 32.1. The number of Topliss-reactive ketones (excluding diaryl/α,β-unsaturated/α-hetero) is 1. The molecule has 0 saturated carbocycles. The monoisotopic (exact) mass is 456 g/mol. The molecular weight excluding hydrogens is 436 g/mol. The Hall–Kier alpha value is -3.17. The minimum Gasteiger partial charge on any atom is -0.503 e. The van der Waals surface area contributed by atoms with E-state index in [9.17, 15) is 14.7 Å². The molecule has 9 heteroatoms. The summed E-state index contributed by atoms with van der Waals surface area (Å²) in [4.78, 5) is 33.8. The van der Waals surface area contributed by atoms with Gasteiger partial charge in [0.25, 0.3) is 5.91 Å². The average Bonchev–Trinajstić information content (AvgIpc) is 3.47. The highest BCUT2D eigenvalue weighted by Gasteiger charge is 2.47. The van der Waals surface area contributed by atoms with E-state index >= 15 is 0 Å². The number of ether oxygens (including phenoxy) is 2. The van der Waals surface area contributed by atoms with Gasteiger partial charge >= 0.3 is 0 Å². The normalized spacial score (nSPS) is 16.2. The molecule has 31 heavy (non-hydrogen) atoms. The van der Waals surface area contributed by atoms with Crippen LogP contribution in [0.5, 0.6) is 11.5 Å². The van der Waals surface area contributed by atoms with Crippen LogP contribution in [0.3, 0.4) is 0 Å². The number of hydrogen-bond acceptors (Lipinski definition) is 8. The minimum atomic E-state index is -0.919. The Kier molecular flexibility index (Phi) is 5.55. The molecule has 4 rings (SSSR count). The molecule has 1 amide bonds. The van der Waals surface area contributed by atoms with Gasteiger partial charge in [-0.05, 0) is 31.4 Å². The van der Waals surface area contributed by atoms with Crippen LogP contribution >= 0.6 is 22.7 Å². The summed E-state index contributed by atoms with van der Waals surface area (Å²) >= 11 is 2.57. The Morgan fingerprint density at radius 1 is 1.16 bits per heavy atom. The fourth-order valence-corrected chi connectivity index (χ4v) is 5.17. The number of benzene rings is 1. The third-order valence-electron chi connectivity index (χ3n) is 5.15. The lowest BCUT2D eigenvalue weighted by atomic mass is 9.94. The van der Waals surface area contributed by atoms with Crippen LogP contribution < -0.4 is 14.4 Å². The summed E-state index contributed by atoms with van der Waals surface area (Å²) in [5.74, 6) is -0.845. The van der Waals surface area contributed by atoms with Gasteiger partial charge in [-0.2, -0.15) is 0 Å². The van der Waals surface area contributed by atoms with E-state index in [2.05, 4.69) is 4.98 Å². The summed E-state index contributed by atoms with van der Waals surface area (Å²) in [7, 11) is 3.00. The number of aliphatic hydroxyl groups is 1. The molecule has 160 valence electrons. The number of rotatable bonds is 6. The number of thiazole rings is 1. The maximum Gasteiger partial charge on any atom is 0.296 e. The molecule has 0 saturated heterocycles. The van der Waals surface area contributed by atoms with Crippen molar-refractivity contribution < 1.29 is 24.2 Å². The van der Waals surface area contributed by atoms with Crippen molar-refractivity contribution in [1.82, 2.24) is 4.98 Å². The number of thiophene rings is 1. The molecule has 7 nitrogen and oxygen atoms in total. The lowest BCUT2D eigenvalue weighted by molar-refractivity contribution is -0.117. The van der Waals surface area contributed by atoms with E-state index < -0.39 is 23.5 Å². The molecule has 3 heterocycles. The van der Waals surface area contributed by atoms with E-state index in [0.717, 1.165) is 10.6 Å². The van der Waals surface area contributed by atoms with Crippen molar-refractivity contribution in [3.05, 3.63) is 68.1 Å². The highest BCUT2D eigenvalue weighted by Crippen LogP contribution is 2.48. The first-order chi connectivity index (χ1) is 14.9. The number of ketones is 1. The van der Waals surface area contributed by atoms with Crippen LogP contribution in [0.25, 0.3) is 0 Å². The average molecular weight is 457 g/mol. The third kappa shape index (κ3) is 3.39. The Bertz CT molecular complexity index is 1180. The summed E-state index contributed by atoms with van der Waals surface area (Å²) in [6.45, 7) is 3.76. The second kappa shape index (κ2) is 8.16. The number of aliphatic hydroxyl groups excluding tert-OH is 1. The van der Waals surface area contributed by atoms with Gasteiger partial charge in [0.05, 0.1) is 30.4 Å². The van der Waals surface area contributed by atoms with Gasteiger partial charge in [-0.15, -0.1) is 22.7 Å². The second-order valence-electron chi connectivity index (χ2n) is 6.87. The number of anilines is 1. The number of para-hydroxylation sites is 1. The van der Waals surface area contributed by atoms with Crippen LogP contribution in [0, 0.1) is 13.8 Å². The van der Waals surface area contributed by atoms with Crippen molar-refractivity contribution in [2.45, 2.75) is 19.9 Å². The topological polar surface area (TPSA) is 89.0 Å². The lowest BCUT2D eigenvalue weighted by Gasteiger charge is -2.26. The van der Waals surface area contributed by atoms with Crippen molar-refractivity contribution in [3.63, 3.8) is 0 Å². The molecule has 1 atom stereocenters. The Labute approximate surface area is 187 Å². The molecule has 2 aromatic heterocycles. The quantitative estimate of drug-likeness (QED) is 0.545. The Morgan fingerprint density at radius 2 is 1.94 bits per heavy atom. The van der Waals surface area contributed by atoms with Crippen LogP contribution in [0.15, 0.2) is 47.0 Å². The minimum absolute atomic E-state index is 0.00971. The Morgan fingerprint density at radius 3 is 2.52 bits per heavy atom. The van der Waals surface area contributed by atoms with Gasteiger partial charge in [-0.25, -0.2) is 4.98 Å². The fraction of sp³-hybridized carbons (Fsp3) is 0.227. The summed E-state index contributed by atoms with van der Waals surface area (Å²) < 4.78 is 11.0. The van der Waals surface area contributed by atoms with Gasteiger partial charge in [0, 0.05) is 10.4 Å². The third-order valence-corrected chi connectivity index (χ3v) is 7.09. The SMILES string of the molecule is COc1cccc([C@@H]2C(C(=O)c3cccs3)=C(O)C(=O)N2c2nc(C)c(C)s2)c1OC. The van der Waals surface area contributed by atoms with Crippen molar-refractivity contribution in [2.75, 3.05) is 19.1 Å². The number of carbonyl (C=O) groups excluding carboxylic acids is 2. The predicted molar refractivity (Wildman–Crippen MR) is 120 cm³/mol. The first-order valence-corrected chi connectivity index (χ1v) is 11.1. The van der Waals surface area contributed by atoms with Crippen LogP contribution in [-0.2, 0) is 4.79 Å². The van der Waals surface area contributed by atoms with Crippen molar-refractivity contribution in [1.29, 1.82) is 0 Å². The van der Waals surface area contributed by atoms with E-state index in [1.165, 1.54) is 41.8 Å². The van der Waals surface area contributed by atoms with Crippen molar-refractivity contribution >= 4 is 39.5 Å². The first kappa shape index (κ1) is 21.1. The van der Waals surface area contributed by atoms with Gasteiger partial charge in [0.15, 0.2) is 22.4 Å². The molecule has 1 aliphatic rings. The van der Waals surface area contributed by atoms with Crippen molar-refractivity contribution in [2.24, 2.45) is 0 Å². The number of amides is 1. The molecule has 0 spiro atoms. The highest BCUT2D eigenvalue weighted by molar-refractivity contribution is 7.16. The van der Waals surface area contributed by atoms with E-state index in [-0.39, 0.29) is 5.57 Å². The summed E-state index contributed by atoms with van der Waals surface area (Å²) in [5.41, 5.74) is 1.29. The molecule has 1 aromatic carbocycles. The molecule has 0 bridgehead atoms. The molecule has 0 unspecified atom stereocenters. The van der Waals surface area contributed by atoms with Crippen LogP contribution in [0.4, 0.5) is 5.13 Å². The predicted octanol–water partition coefficient (Wildman–Crippen LogP) is 4.62. The molecular formula is C22H20N2O5S2. The van der Waals surface area contributed by atoms with Crippen molar-refractivity contribution in [3.8, 4) is 11.5 Å². The largest absolute Gasteiger partial charge is 0.503 e. The zero-order valence-corrected chi connectivity index (χ0v) is 19.0. The van der Waals surface area contributed by atoms with E-state index in [1.807, 2.05) is 13.8 Å².